The number of hydrogen-bond donors (Lipinski definition) is 0. The Balaban J connectivity index is 1.76. The molecule has 1 unspecified atom stereocenters. The van der Waals surface area contributed by atoms with Crippen molar-refractivity contribution in [2.45, 2.75) is 58.4 Å². The minimum absolute atomic E-state index is 0.195. The fraction of sp³-hybridized carbons (Fsp3) is 0.455. The van der Waals surface area contributed by atoms with Crippen molar-refractivity contribution < 1.29 is 0 Å². The Bertz CT molecular complexity index is 931. The van der Waals surface area contributed by atoms with Gasteiger partial charge in [0.15, 0.2) is 5.65 Å². The summed E-state index contributed by atoms with van der Waals surface area (Å²) in [4.78, 5) is 7.28. The molecule has 0 N–H and O–H groups in total. The van der Waals surface area contributed by atoms with Crippen LogP contribution in [-0.2, 0) is 0 Å². The molecule has 1 aliphatic heterocycles. The number of hydrogen-bond acceptors (Lipinski definition) is 3. The van der Waals surface area contributed by atoms with Gasteiger partial charge in [-0.25, -0.2) is 4.98 Å². The zero-order valence-corrected chi connectivity index (χ0v) is 17.1. The van der Waals surface area contributed by atoms with Gasteiger partial charge in [0.1, 0.15) is 5.82 Å². The summed E-state index contributed by atoms with van der Waals surface area (Å²) in [6, 6.07) is 12.9. The van der Waals surface area contributed by atoms with E-state index < -0.39 is 0 Å². The normalized spacial score (nSPS) is 18.8. The van der Waals surface area contributed by atoms with Crippen LogP contribution in [0.25, 0.3) is 5.65 Å². The molecule has 4 nitrogen and oxygen atoms in total. The van der Waals surface area contributed by atoms with Crippen molar-refractivity contribution in [3.63, 3.8) is 0 Å². The second kappa shape index (κ2) is 7.51. The first kappa shape index (κ1) is 18.3. The monoisotopic (exact) mass is 382 g/mol. The lowest BCUT2D eigenvalue weighted by Gasteiger charge is -2.37. The summed E-state index contributed by atoms with van der Waals surface area (Å²) in [5, 5.41) is 5.74. The maximum absolute atomic E-state index is 6.04. The number of nitrogens with zero attached hydrogens (tertiary/aromatic N) is 4. The van der Waals surface area contributed by atoms with Gasteiger partial charge in [-0.1, -0.05) is 37.6 Å². The second-order valence-electron chi connectivity index (χ2n) is 7.62. The molecule has 0 spiro atoms. The van der Waals surface area contributed by atoms with Crippen LogP contribution in [0.5, 0.6) is 0 Å². The number of aromatic nitrogens is 3. The number of halogens is 1. The van der Waals surface area contributed by atoms with Crippen LogP contribution in [0.15, 0.2) is 36.4 Å². The Morgan fingerprint density at radius 2 is 1.96 bits per heavy atom. The summed E-state index contributed by atoms with van der Waals surface area (Å²) in [5.41, 5.74) is 4.23. The van der Waals surface area contributed by atoms with E-state index >= 15 is 0 Å². The van der Waals surface area contributed by atoms with Crippen molar-refractivity contribution >= 4 is 23.1 Å². The van der Waals surface area contributed by atoms with Gasteiger partial charge >= 0.3 is 0 Å². The van der Waals surface area contributed by atoms with E-state index in [0.29, 0.717) is 6.04 Å². The molecule has 0 aliphatic carbocycles. The first-order valence-electron chi connectivity index (χ1n) is 9.96. The van der Waals surface area contributed by atoms with E-state index in [9.17, 15) is 0 Å². The Hall–Kier alpha value is -2.07. The molecule has 1 aromatic carbocycles. The number of anilines is 1. The van der Waals surface area contributed by atoms with Gasteiger partial charge in [0.25, 0.3) is 0 Å². The molecule has 0 radical (unpaired) electrons. The summed E-state index contributed by atoms with van der Waals surface area (Å²) in [7, 11) is 0. The van der Waals surface area contributed by atoms with Gasteiger partial charge in [-0.05, 0) is 50.3 Å². The van der Waals surface area contributed by atoms with E-state index in [-0.39, 0.29) is 5.92 Å². The average Bonchev–Trinajstić information content (AvgIpc) is 3.11. The van der Waals surface area contributed by atoms with Crippen molar-refractivity contribution in [2.75, 3.05) is 11.4 Å². The quantitative estimate of drug-likeness (QED) is 0.587. The minimum atomic E-state index is 0.195. The van der Waals surface area contributed by atoms with Gasteiger partial charge in [-0.15, -0.1) is 0 Å². The van der Waals surface area contributed by atoms with Crippen molar-refractivity contribution in [3.8, 4) is 0 Å². The second-order valence-corrected chi connectivity index (χ2v) is 8.06. The van der Waals surface area contributed by atoms with Crippen molar-refractivity contribution in [3.05, 3.63) is 58.4 Å². The van der Waals surface area contributed by atoms with Crippen molar-refractivity contribution in [1.29, 1.82) is 0 Å². The van der Waals surface area contributed by atoms with Gasteiger partial charge in [-0.3, -0.25) is 0 Å². The molecule has 5 heteroatoms. The van der Waals surface area contributed by atoms with E-state index in [0.717, 1.165) is 35.0 Å². The summed E-state index contributed by atoms with van der Waals surface area (Å²) < 4.78 is 2.04. The Labute approximate surface area is 166 Å². The van der Waals surface area contributed by atoms with Gasteiger partial charge in [0, 0.05) is 41.4 Å². The highest BCUT2D eigenvalue weighted by Gasteiger charge is 2.24. The molecule has 2 aromatic heterocycles. The topological polar surface area (TPSA) is 33.4 Å². The van der Waals surface area contributed by atoms with Crippen LogP contribution in [0.2, 0.25) is 5.02 Å². The molecule has 0 saturated carbocycles. The van der Waals surface area contributed by atoms with Crippen molar-refractivity contribution in [1.82, 2.24) is 14.6 Å². The molecule has 1 saturated heterocycles. The average molecular weight is 383 g/mol. The zero-order valence-electron chi connectivity index (χ0n) is 16.3. The first-order chi connectivity index (χ1) is 13.1. The maximum atomic E-state index is 6.04. The number of rotatable bonds is 4. The molecule has 0 bridgehead atoms. The Kier molecular flexibility index (Phi) is 5.09. The van der Waals surface area contributed by atoms with Crippen LogP contribution in [0.4, 0.5) is 5.82 Å². The first-order valence-corrected chi connectivity index (χ1v) is 10.3. The predicted molar refractivity (Wildman–Crippen MR) is 112 cm³/mol. The molecule has 1 aliphatic rings. The highest BCUT2D eigenvalue weighted by molar-refractivity contribution is 6.30. The molecule has 4 rings (SSSR count). The molecule has 1 fully saturated rings. The van der Waals surface area contributed by atoms with Gasteiger partial charge in [0.2, 0.25) is 0 Å². The van der Waals surface area contributed by atoms with Crippen LogP contribution >= 0.6 is 11.6 Å². The van der Waals surface area contributed by atoms with E-state index in [1.54, 1.807) is 0 Å². The Morgan fingerprint density at radius 1 is 1.19 bits per heavy atom. The molecule has 142 valence electrons. The SMILES string of the molecule is CC[C@@H]1CCCCN1c1cc(C)nc2cc(C(C)c3ccc(Cl)cc3)nn12. The largest absolute Gasteiger partial charge is 0.353 e. The molecule has 3 heterocycles. The van der Waals surface area contributed by atoms with Crippen LogP contribution < -0.4 is 4.90 Å². The smallest absolute Gasteiger partial charge is 0.157 e. The van der Waals surface area contributed by atoms with Crippen LogP contribution in [-0.4, -0.2) is 27.2 Å². The fourth-order valence-corrected chi connectivity index (χ4v) is 4.29. The third-order valence-electron chi connectivity index (χ3n) is 5.76. The standard InChI is InChI=1S/C22H27ClN4/c1-4-19-7-5-6-12-26(19)22-13-15(2)24-21-14-20(25-27(21)22)16(3)17-8-10-18(23)11-9-17/h8-11,13-14,16,19H,4-7,12H2,1-3H3/t16?,19-/m1/s1. The predicted octanol–water partition coefficient (Wildman–Crippen LogP) is 5.61. The molecule has 27 heavy (non-hydrogen) atoms. The molecule has 3 aromatic rings. The lowest BCUT2D eigenvalue weighted by atomic mass is 9.98. The third-order valence-corrected chi connectivity index (χ3v) is 6.01. The fourth-order valence-electron chi connectivity index (χ4n) is 4.16. The van der Waals surface area contributed by atoms with Crippen LogP contribution in [0.1, 0.15) is 62.4 Å². The summed E-state index contributed by atoms with van der Waals surface area (Å²) >= 11 is 6.04. The Morgan fingerprint density at radius 3 is 2.70 bits per heavy atom. The molecular formula is C22H27ClN4. The van der Waals surface area contributed by atoms with Gasteiger partial charge in [-0.2, -0.15) is 9.61 Å². The number of aryl methyl sites for hydroxylation is 1. The maximum Gasteiger partial charge on any atom is 0.157 e. The molecular weight excluding hydrogens is 356 g/mol. The van der Waals surface area contributed by atoms with Gasteiger partial charge in [0.05, 0.1) is 5.69 Å². The number of piperidine rings is 1. The summed E-state index contributed by atoms with van der Waals surface area (Å²) in [6.45, 7) is 7.64. The van der Waals surface area contributed by atoms with Gasteiger partial charge < -0.3 is 4.90 Å². The summed E-state index contributed by atoms with van der Waals surface area (Å²) in [6.07, 6.45) is 4.99. The number of fused-ring (bicyclic) bond motifs is 1. The van der Waals surface area contributed by atoms with E-state index in [1.165, 1.54) is 30.6 Å². The van der Waals surface area contributed by atoms with Crippen LogP contribution in [0.3, 0.4) is 0 Å². The van der Waals surface area contributed by atoms with E-state index in [1.807, 2.05) is 16.6 Å². The lowest BCUT2D eigenvalue weighted by Crippen LogP contribution is -2.40. The highest BCUT2D eigenvalue weighted by Crippen LogP contribution is 2.30. The van der Waals surface area contributed by atoms with E-state index in [4.69, 9.17) is 21.7 Å². The highest BCUT2D eigenvalue weighted by atomic mass is 35.5. The minimum Gasteiger partial charge on any atom is -0.353 e. The molecule has 2 atom stereocenters. The van der Waals surface area contributed by atoms with E-state index in [2.05, 4.69) is 49.9 Å². The van der Waals surface area contributed by atoms with Crippen molar-refractivity contribution in [2.24, 2.45) is 0 Å². The lowest BCUT2D eigenvalue weighted by molar-refractivity contribution is 0.443. The third kappa shape index (κ3) is 3.55. The zero-order chi connectivity index (χ0) is 19.0. The number of benzene rings is 1. The summed E-state index contributed by atoms with van der Waals surface area (Å²) in [5.74, 6) is 1.37. The molecule has 0 amide bonds. The van der Waals surface area contributed by atoms with Crippen LogP contribution in [0, 0.1) is 6.92 Å².